The SMILES string of the molecule is CC(=O)Oc1cc2cc(NC=O)nc(-c3ccco3)c2s1. The highest BCUT2D eigenvalue weighted by Crippen LogP contribution is 2.39. The van der Waals surface area contributed by atoms with E-state index >= 15 is 0 Å². The molecule has 21 heavy (non-hydrogen) atoms. The van der Waals surface area contributed by atoms with Crippen molar-refractivity contribution in [3.63, 3.8) is 0 Å². The molecule has 1 amide bonds. The van der Waals surface area contributed by atoms with Crippen molar-refractivity contribution < 1.29 is 18.7 Å². The fourth-order valence-electron chi connectivity index (χ4n) is 1.93. The number of pyridine rings is 1. The first-order valence-corrected chi connectivity index (χ1v) is 6.86. The number of nitrogens with one attached hydrogen (secondary N) is 1. The van der Waals surface area contributed by atoms with Crippen LogP contribution in [0.2, 0.25) is 0 Å². The van der Waals surface area contributed by atoms with E-state index in [1.165, 1.54) is 18.3 Å². The average Bonchev–Trinajstić information content (AvgIpc) is 3.05. The Morgan fingerprint density at radius 3 is 3.00 bits per heavy atom. The number of carbonyl (C=O) groups excluding carboxylic acids is 2. The van der Waals surface area contributed by atoms with E-state index in [2.05, 4.69) is 10.3 Å². The van der Waals surface area contributed by atoms with Crippen LogP contribution in [0.5, 0.6) is 5.06 Å². The quantitative estimate of drug-likeness (QED) is 0.591. The third-order valence-electron chi connectivity index (χ3n) is 2.68. The molecule has 7 heteroatoms. The van der Waals surface area contributed by atoms with Crippen LogP contribution in [0.3, 0.4) is 0 Å². The number of fused-ring (bicyclic) bond motifs is 1. The highest BCUT2D eigenvalue weighted by atomic mass is 32.1. The van der Waals surface area contributed by atoms with E-state index < -0.39 is 0 Å². The first kappa shape index (κ1) is 13.3. The maximum Gasteiger partial charge on any atom is 0.308 e. The molecule has 0 saturated heterocycles. The predicted octanol–water partition coefficient (Wildman–Crippen LogP) is 3.05. The summed E-state index contributed by atoms with van der Waals surface area (Å²) < 4.78 is 11.3. The lowest BCUT2D eigenvalue weighted by atomic mass is 10.2. The molecular weight excluding hydrogens is 292 g/mol. The molecule has 1 N–H and O–H groups in total. The van der Waals surface area contributed by atoms with E-state index in [-0.39, 0.29) is 5.97 Å². The second-order valence-corrected chi connectivity index (χ2v) is 5.19. The molecule has 3 aromatic rings. The molecule has 0 radical (unpaired) electrons. The second-order valence-electron chi connectivity index (χ2n) is 4.17. The van der Waals surface area contributed by atoms with Crippen LogP contribution in [0.15, 0.2) is 34.9 Å². The first-order valence-electron chi connectivity index (χ1n) is 6.04. The summed E-state index contributed by atoms with van der Waals surface area (Å²) in [5.74, 6) is 0.585. The van der Waals surface area contributed by atoms with Crippen LogP contribution in [-0.2, 0) is 9.59 Å². The minimum atomic E-state index is -0.389. The summed E-state index contributed by atoms with van der Waals surface area (Å²) in [6.07, 6.45) is 2.10. The number of hydrogen-bond donors (Lipinski definition) is 1. The summed E-state index contributed by atoms with van der Waals surface area (Å²) in [6, 6.07) is 6.96. The topological polar surface area (TPSA) is 81.4 Å². The molecular formula is C14H10N2O4S. The van der Waals surface area contributed by atoms with Gasteiger partial charge in [-0.1, -0.05) is 11.3 Å². The van der Waals surface area contributed by atoms with E-state index in [0.717, 1.165) is 10.1 Å². The second kappa shape index (κ2) is 5.37. The summed E-state index contributed by atoms with van der Waals surface area (Å²) in [5, 5.41) is 3.79. The van der Waals surface area contributed by atoms with Gasteiger partial charge in [-0.3, -0.25) is 9.59 Å². The Hall–Kier alpha value is -2.67. The molecule has 3 heterocycles. The van der Waals surface area contributed by atoms with Crippen molar-refractivity contribution in [1.29, 1.82) is 0 Å². The lowest BCUT2D eigenvalue weighted by molar-refractivity contribution is -0.131. The standard InChI is InChI=1S/C14H10N2O4S/c1-8(18)20-12-6-9-5-11(15-7-17)16-13(14(9)21-12)10-3-2-4-19-10/h2-7H,1H3,(H,15,16,17). The number of furan rings is 1. The third kappa shape index (κ3) is 2.63. The highest BCUT2D eigenvalue weighted by Gasteiger charge is 2.15. The van der Waals surface area contributed by atoms with Crippen molar-refractivity contribution in [2.75, 3.05) is 5.32 Å². The Labute approximate surface area is 123 Å². The molecule has 6 nitrogen and oxygen atoms in total. The van der Waals surface area contributed by atoms with E-state index in [4.69, 9.17) is 9.15 Å². The third-order valence-corrected chi connectivity index (χ3v) is 3.72. The molecule has 3 rings (SSSR count). The number of nitrogens with zero attached hydrogens (tertiary/aromatic N) is 1. The van der Waals surface area contributed by atoms with Crippen LogP contribution in [0.1, 0.15) is 6.92 Å². The van der Waals surface area contributed by atoms with Gasteiger partial charge >= 0.3 is 5.97 Å². The van der Waals surface area contributed by atoms with Gasteiger partial charge in [-0.05, 0) is 18.2 Å². The number of carbonyl (C=O) groups is 2. The minimum Gasteiger partial charge on any atom is -0.463 e. The molecule has 0 atom stereocenters. The lowest BCUT2D eigenvalue weighted by Gasteiger charge is -2.02. The smallest absolute Gasteiger partial charge is 0.308 e. The number of amides is 1. The van der Waals surface area contributed by atoms with Gasteiger partial charge in [0.15, 0.2) is 10.8 Å². The maximum absolute atomic E-state index is 11.1. The number of aromatic nitrogens is 1. The maximum atomic E-state index is 11.1. The van der Waals surface area contributed by atoms with Crippen LogP contribution in [0, 0.1) is 0 Å². The molecule has 0 aliphatic rings. The van der Waals surface area contributed by atoms with Crippen molar-refractivity contribution in [2.45, 2.75) is 6.92 Å². The van der Waals surface area contributed by atoms with Crippen molar-refractivity contribution >= 4 is 39.6 Å². The molecule has 0 aliphatic heterocycles. The van der Waals surface area contributed by atoms with Gasteiger partial charge in [0.25, 0.3) is 0 Å². The number of rotatable bonds is 4. The van der Waals surface area contributed by atoms with Gasteiger partial charge in [-0.25, -0.2) is 4.98 Å². The Bertz CT molecular complexity index is 808. The summed E-state index contributed by atoms with van der Waals surface area (Å²) in [7, 11) is 0. The van der Waals surface area contributed by atoms with Gasteiger partial charge < -0.3 is 14.5 Å². The molecule has 0 unspecified atom stereocenters. The zero-order valence-electron chi connectivity index (χ0n) is 11.0. The molecule has 3 aromatic heterocycles. The molecule has 0 spiro atoms. The van der Waals surface area contributed by atoms with E-state index in [0.29, 0.717) is 28.7 Å². The van der Waals surface area contributed by atoms with Crippen molar-refractivity contribution in [3.8, 4) is 16.5 Å². The van der Waals surface area contributed by atoms with Gasteiger partial charge in [0.1, 0.15) is 11.5 Å². The Morgan fingerprint density at radius 1 is 1.48 bits per heavy atom. The number of thiophene rings is 1. The van der Waals surface area contributed by atoms with E-state index in [9.17, 15) is 9.59 Å². The zero-order valence-corrected chi connectivity index (χ0v) is 11.8. The van der Waals surface area contributed by atoms with Crippen LogP contribution < -0.4 is 10.1 Å². The van der Waals surface area contributed by atoms with Gasteiger partial charge in [0, 0.05) is 18.4 Å². The number of ether oxygens (including phenoxy) is 1. The van der Waals surface area contributed by atoms with Gasteiger partial charge in [-0.2, -0.15) is 0 Å². The van der Waals surface area contributed by atoms with Gasteiger partial charge in [0.05, 0.1) is 11.0 Å². The normalized spacial score (nSPS) is 10.5. The van der Waals surface area contributed by atoms with Crippen LogP contribution in [-0.4, -0.2) is 17.4 Å². The molecule has 0 saturated carbocycles. The highest BCUT2D eigenvalue weighted by molar-refractivity contribution is 7.21. The molecule has 0 fully saturated rings. The Kier molecular flexibility index (Phi) is 3.41. The van der Waals surface area contributed by atoms with Crippen molar-refractivity contribution in [1.82, 2.24) is 4.98 Å². The summed E-state index contributed by atoms with van der Waals surface area (Å²) in [6.45, 7) is 1.34. The van der Waals surface area contributed by atoms with Crippen molar-refractivity contribution in [2.24, 2.45) is 0 Å². The van der Waals surface area contributed by atoms with Gasteiger partial charge in [0.2, 0.25) is 6.41 Å². The predicted molar refractivity (Wildman–Crippen MR) is 78.3 cm³/mol. The van der Waals surface area contributed by atoms with Crippen LogP contribution in [0.25, 0.3) is 21.5 Å². The molecule has 106 valence electrons. The minimum absolute atomic E-state index is 0.389. The fourth-order valence-corrected chi connectivity index (χ4v) is 2.96. The Balaban J connectivity index is 2.19. The zero-order chi connectivity index (χ0) is 14.8. The van der Waals surface area contributed by atoms with Gasteiger partial charge in [-0.15, -0.1) is 0 Å². The average molecular weight is 302 g/mol. The van der Waals surface area contributed by atoms with E-state index in [1.54, 1.807) is 30.5 Å². The molecule has 0 bridgehead atoms. The number of anilines is 1. The summed E-state index contributed by atoms with van der Waals surface area (Å²) >= 11 is 1.30. The van der Waals surface area contributed by atoms with E-state index in [1.807, 2.05) is 0 Å². The lowest BCUT2D eigenvalue weighted by Crippen LogP contribution is -1.98. The largest absolute Gasteiger partial charge is 0.463 e. The number of esters is 1. The summed E-state index contributed by atoms with van der Waals surface area (Å²) in [5.41, 5.74) is 0.588. The Morgan fingerprint density at radius 2 is 2.33 bits per heavy atom. The summed E-state index contributed by atoms with van der Waals surface area (Å²) in [4.78, 5) is 26.0. The first-order chi connectivity index (χ1) is 10.2. The monoisotopic (exact) mass is 302 g/mol. The molecule has 0 aromatic carbocycles. The molecule has 0 aliphatic carbocycles. The fraction of sp³-hybridized carbons (Fsp3) is 0.0714. The van der Waals surface area contributed by atoms with Crippen molar-refractivity contribution in [3.05, 3.63) is 30.5 Å². The van der Waals surface area contributed by atoms with Crippen LogP contribution in [0.4, 0.5) is 5.82 Å². The van der Waals surface area contributed by atoms with Crippen LogP contribution >= 0.6 is 11.3 Å². The number of hydrogen-bond acceptors (Lipinski definition) is 6.